The van der Waals surface area contributed by atoms with Crippen molar-refractivity contribution in [1.82, 2.24) is 9.55 Å². The molecule has 1 atom stereocenters. The summed E-state index contributed by atoms with van der Waals surface area (Å²) in [5.74, 6) is -1.05. The molecular weight excluding hydrogens is 308 g/mol. The van der Waals surface area contributed by atoms with E-state index < -0.39 is 5.97 Å². The van der Waals surface area contributed by atoms with E-state index >= 15 is 0 Å². The Morgan fingerprint density at radius 3 is 2.81 bits per heavy atom. The number of rotatable bonds is 5. The van der Waals surface area contributed by atoms with Gasteiger partial charge in [0.25, 0.3) is 5.56 Å². The van der Waals surface area contributed by atoms with Crippen LogP contribution in [0.3, 0.4) is 0 Å². The molecule has 2 rings (SSSR count). The molecule has 0 aliphatic carbocycles. The summed E-state index contributed by atoms with van der Waals surface area (Å²) < 4.78 is 1.85. The Bertz CT molecular complexity index is 721. The van der Waals surface area contributed by atoms with Gasteiger partial charge < -0.3 is 9.67 Å². The zero-order chi connectivity index (χ0) is 15.6. The number of thiophene rings is 1. The summed E-state index contributed by atoms with van der Waals surface area (Å²) in [4.78, 5) is 28.5. The van der Waals surface area contributed by atoms with Crippen LogP contribution in [0.5, 0.6) is 0 Å². The smallest absolute Gasteiger partial charge is 0.313 e. The molecule has 0 radical (unpaired) electrons. The summed E-state index contributed by atoms with van der Waals surface area (Å²) in [5, 5.41) is 9.23. The molecule has 0 aliphatic rings. The Balaban J connectivity index is 2.40. The minimum absolute atomic E-state index is 0.000607. The molecule has 0 saturated carbocycles. The number of aliphatic carboxylic acids is 1. The zero-order valence-corrected chi connectivity index (χ0v) is 13.6. The summed E-state index contributed by atoms with van der Waals surface area (Å²) in [6.45, 7) is 6.13. The van der Waals surface area contributed by atoms with E-state index in [2.05, 4.69) is 24.9 Å². The lowest BCUT2D eigenvalue weighted by molar-refractivity contribution is -0.133. The Morgan fingerprint density at radius 2 is 2.24 bits per heavy atom. The topological polar surface area (TPSA) is 72.2 Å². The van der Waals surface area contributed by atoms with Crippen molar-refractivity contribution in [2.45, 2.75) is 32.0 Å². The van der Waals surface area contributed by atoms with Crippen LogP contribution in [0.15, 0.2) is 28.3 Å². The molecule has 0 aliphatic heterocycles. The van der Waals surface area contributed by atoms with Gasteiger partial charge in [0.15, 0.2) is 5.16 Å². The molecule has 0 aromatic carbocycles. The van der Waals surface area contributed by atoms with Gasteiger partial charge in [0, 0.05) is 22.0 Å². The number of carboxylic acids is 1. The van der Waals surface area contributed by atoms with Gasteiger partial charge >= 0.3 is 5.97 Å². The largest absolute Gasteiger partial charge is 0.481 e. The first-order valence-electron chi connectivity index (χ1n) is 6.39. The van der Waals surface area contributed by atoms with Crippen LogP contribution in [-0.2, 0) is 4.79 Å². The number of carboxylic acid groups (broad SMARTS) is 1. The Morgan fingerprint density at radius 1 is 1.52 bits per heavy atom. The lowest BCUT2D eigenvalue weighted by Crippen LogP contribution is -2.17. The maximum Gasteiger partial charge on any atom is 0.313 e. The van der Waals surface area contributed by atoms with Crippen LogP contribution in [0, 0.1) is 13.8 Å². The van der Waals surface area contributed by atoms with Gasteiger partial charge in [-0.3, -0.25) is 9.59 Å². The third-order valence-electron chi connectivity index (χ3n) is 3.08. The van der Waals surface area contributed by atoms with Crippen LogP contribution in [0.2, 0.25) is 0 Å². The molecule has 7 heteroatoms. The number of hydrogen-bond acceptors (Lipinski definition) is 5. The lowest BCUT2D eigenvalue weighted by atomic mass is 10.1. The summed E-state index contributed by atoms with van der Waals surface area (Å²) >= 11 is 2.78. The van der Waals surface area contributed by atoms with E-state index in [-0.39, 0.29) is 17.4 Å². The maximum absolute atomic E-state index is 11.4. The van der Waals surface area contributed by atoms with Crippen molar-refractivity contribution in [2.24, 2.45) is 0 Å². The Labute approximate surface area is 130 Å². The fourth-order valence-corrected chi connectivity index (χ4v) is 3.93. The highest BCUT2D eigenvalue weighted by Gasteiger charge is 2.16. The van der Waals surface area contributed by atoms with Crippen LogP contribution in [0.1, 0.15) is 28.3 Å². The molecule has 1 unspecified atom stereocenters. The van der Waals surface area contributed by atoms with Gasteiger partial charge in [-0.15, -0.1) is 11.3 Å². The monoisotopic (exact) mass is 324 g/mol. The van der Waals surface area contributed by atoms with Crippen molar-refractivity contribution in [3.63, 3.8) is 0 Å². The van der Waals surface area contributed by atoms with Crippen molar-refractivity contribution >= 4 is 29.1 Å². The van der Waals surface area contributed by atoms with Gasteiger partial charge in [0.1, 0.15) is 0 Å². The predicted molar refractivity (Wildman–Crippen MR) is 84.5 cm³/mol. The second-order valence-electron chi connectivity index (χ2n) is 4.68. The van der Waals surface area contributed by atoms with E-state index in [1.165, 1.54) is 21.4 Å². The molecule has 21 heavy (non-hydrogen) atoms. The summed E-state index contributed by atoms with van der Waals surface area (Å²) in [6.07, 6.45) is 1.68. The summed E-state index contributed by atoms with van der Waals surface area (Å²) in [5.41, 5.74) is 0.810. The highest BCUT2D eigenvalue weighted by Crippen LogP contribution is 2.30. The molecule has 2 aromatic rings. The van der Waals surface area contributed by atoms with Crippen molar-refractivity contribution in [3.05, 3.63) is 44.0 Å². The van der Waals surface area contributed by atoms with E-state index in [4.69, 9.17) is 5.11 Å². The van der Waals surface area contributed by atoms with Crippen LogP contribution in [0.25, 0.3) is 0 Å². The number of aryl methyl sites for hydroxylation is 2. The lowest BCUT2D eigenvalue weighted by Gasteiger charge is -2.18. The maximum atomic E-state index is 11.4. The number of thioether (sulfide) groups is 1. The van der Waals surface area contributed by atoms with Crippen molar-refractivity contribution in [3.8, 4) is 0 Å². The van der Waals surface area contributed by atoms with E-state index in [1.807, 2.05) is 11.5 Å². The molecule has 5 nitrogen and oxygen atoms in total. The Kier molecular flexibility index (Phi) is 4.84. The highest BCUT2D eigenvalue weighted by molar-refractivity contribution is 7.99. The van der Waals surface area contributed by atoms with Gasteiger partial charge in [0.2, 0.25) is 0 Å². The van der Waals surface area contributed by atoms with Crippen LogP contribution < -0.4 is 5.56 Å². The average Bonchev–Trinajstić information content (AvgIpc) is 2.74. The number of hydrogen-bond donors (Lipinski definition) is 1. The second kappa shape index (κ2) is 6.44. The number of carbonyl (C=O) groups is 1. The molecule has 0 spiro atoms. The minimum Gasteiger partial charge on any atom is -0.481 e. The van der Waals surface area contributed by atoms with Crippen LogP contribution >= 0.6 is 23.1 Å². The second-order valence-corrected chi connectivity index (χ2v) is 7.09. The van der Waals surface area contributed by atoms with E-state index in [1.54, 1.807) is 17.5 Å². The van der Waals surface area contributed by atoms with Crippen molar-refractivity contribution in [1.29, 1.82) is 0 Å². The molecular formula is C14H16N2O3S2. The van der Waals surface area contributed by atoms with E-state index in [0.29, 0.717) is 5.16 Å². The minimum atomic E-state index is -0.931. The number of aromatic nitrogens is 2. The molecule has 1 N–H and O–H groups in total. The SMILES string of the molecule is Cc1cc(C(C)n2ccc(=O)nc2SCC(=O)O)c(C)s1. The molecule has 0 saturated heterocycles. The third-order valence-corrected chi connectivity index (χ3v) is 5.01. The fraction of sp³-hybridized carbons (Fsp3) is 0.357. The van der Waals surface area contributed by atoms with Gasteiger partial charge in [0.05, 0.1) is 11.8 Å². The zero-order valence-electron chi connectivity index (χ0n) is 12.0. The molecule has 2 heterocycles. The molecule has 0 amide bonds. The quantitative estimate of drug-likeness (QED) is 0.676. The number of nitrogens with zero attached hydrogens (tertiary/aromatic N) is 2. The Hall–Kier alpha value is -1.60. The first-order valence-corrected chi connectivity index (χ1v) is 8.19. The molecule has 2 aromatic heterocycles. The highest BCUT2D eigenvalue weighted by atomic mass is 32.2. The van der Waals surface area contributed by atoms with Gasteiger partial charge in [-0.2, -0.15) is 4.98 Å². The molecule has 112 valence electrons. The van der Waals surface area contributed by atoms with E-state index in [9.17, 15) is 9.59 Å². The van der Waals surface area contributed by atoms with Gasteiger partial charge in [-0.1, -0.05) is 11.8 Å². The third kappa shape index (κ3) is 3.74. The summed E-state index contributed by atoms with van der Waals surface area (Å²) in [7, 11) is 0. The normalized spacial score (nSPS) is 12.3. The molecule has 0 bridgehead atoms. The van der Waals surface area contributed by atoms with Gasteiger partial charge in [-0.05, 0) is 32.4 Å². The average molecular weight is 324 g/mol. The standard InChI is InChI=1S/C14H16N2O3S2/c1-8-6-11(10(3)21-8)9(2)16-5-4-12(17)15-14(16)20-7-13(18)19/h4-6,9H,7H2,1-3H3,(H,18,19). The van der Waals surface area contributed by atoms with Crippen LogP contribution in [-0.4, -0.2) is 26.4 Å². The van der Waals surface area contributed by atoms with Gasteiger partial charge in [-0.25, -0.2) is 0 Å². The molecule has 0 fully saturated rings. The first kappa shape index (κ1) is 15.8. The summed E-state index contributed by atoms with van der Waals surface area (Å²) in [6, 6.07) is 3.52. The van der Waals surface area contributed by atoms with Crippen LogP contribution in [0.4, 0.5) is 0 Å². The fourth-order valence-electron chi connectivity index (χ4n) is 2.14. The predicted octanol–water partition coefficient (Wildman–Crippen LogP) is 2.71. The van der Waals surface area contributed by atoms with Crippen molar-refractivity contribution < 1.29 is 9.90 Å². The van der Waals surface area contributed by atoms with E-state index in [0.717, 1.165) is 11.8 Å². The first-order chi connectivity index (χ1) is 9.88. The van der Waals surface area contributed by atoms with Crippen molar-refractivity contribution in [2.75, 3.05) is 5.75 Å².